The third-order valence-electron chi connectivity index (χ3n) is 3.91. The fraction of sp³-hybridized carbons (Fsp3) is 0.211. The molecule has 6 nitrogen and oxygen atoms in total. The van der Waals surface area contributed by atoms with E-state index in [1.54, 1.807) is 41.1 Å². The quantitative estimate of drug-likeness (QED) is 0.742. The number of phenolic OH excluding ortho intramolecular Hbond substituents is 2. The number of benzene rings is 2. The third-order valence-corrected chi connectivity index (χ3v) is 3.91. The number of methoxy groups -OCH3 is 1. The molecule has 25 heavy (non-hydrogen) atoms. The molecule has 0 aliphatic rings. The molecule has 3 rings (SSSR count). The molecule has 2 aromatic carbocycles. The van der Waals surface area contributed by atoms with Gasteiger partial charge in [-0.15, -0.1) is 0 Å². The average molecular weight is 340 g/mol. The van der Waals surface area contributed by atoms with Gasteiger partial charge >= 0.3 is 0 Å². The normalized spacial score (nSPS) is 10.7. The summed E-state index contributed by atoms with van der Waals surface area (Å²) in [7, 11) is 3.36. The molecule has 3 aromatic rings. The van der Waals surface area contributed by atoms with E-state index in [9.17, 15) is 10.2 Å². The van der Waals surface area contributed by atoms with Gasteiger partial charge in [-0.2, -0.15) is 5.10 Å². The number of aryl methyl sites for hydroxylation is 1. The first-order chi connectivity index (χ1) is 12.0. The van der Waals surface area contributed by atoms with Gasteiger partial charge in [-0.3, -0.25) is 4.68 Å². The molecular weight excluding hydrogens is 320 g/mol. The monoisotopic (exact) mass is 340 g/mol. The van der Waals surface area contributed by atoms with Gasteiger partial charge in [0.15, 0.2) is 23.0 Å². The van der Waals surface area contributed by atoms with Crippen LogP contribution in [0.15, 0.2) is 42.5 Å². The van der Waals surface area contributed by atoms with Crippen molar-refractivity contribution in [2.24, 2.45) is 7.05 Å². The van der Waals surface area contributed by atoms with Crippen molar-refractivity contribution in [3.05, 3.63) is 42.5 Å². The van der Waals surface area contributed by atoms with Crippen LogP contribution >= 0.6 is 0 Å². The summed E-state index contributed by atoms with van der Waals surface area (Å²) in [5.41, 5.74) is 3.35. The smallest absolute Gasteiger partial charge is 0.161 e. The Morgan fingerprint density at radius 1 is 0.960 bits per heavy atom. The highest BCUT2D eigenvalue weighted by molar-refractivity contribution is 5.71. The molecule has 0 fully saturated rings. The lowest BCUT2D eigenvalue weighted by Crippen LogP contribution is -1.95. The molecule has 6 heteroatoms. The van der Waals surface area contributed by atoms with E-state index in [1.807, 2.05) is 20.0 Å². The molecule has 2 N–H and O–H groups in total. The lowest BCUT2D eigenvalue weighted by Gasteiger charge is -2.06. The van der Waals surface area contributed by atoms with Crippen LogP contribution in [0.2, 0.25) is 0 Å². The van der Waals surface area contributed by atoms with E-state index in [1.165, 1.54) is 7.11 Å². The predicted octanol–water partition coefficient (Wildman–Crippen LogP) is 3.57. The van der Waals surface area contributed by atoms with Crippen molar-refractivity contribution in [3.8, 4) is 45.5 Å². The largest absolute Gasteiger partial charge is 0.504 e. The highest BCUT2D eigenvalue weighted by atomic mass is 16.5. The van der Waals surface area contributed by atoms with E-state index in [0.29, 0.717) is 18.1 Å². The first-order valence-corrected chi connectivity index (χ1v) is 7.91. The third kappa shape index (κ3) is 3.24. The Bertz CT molecular complexity index is 902. The summed E-state index contributed by atoms with van der Waals surface area (Å²) in [6.45, 7) is 2.33. The molecule has 0 radical (unpaired) electrons. The van der Waals surface area contributed by atoms with Crippen molar-refractivity contribution in [1.82, 2.24) is 9.78 Å². The van der Waals surface area contributed by atoms with Gasteiger partial charge in [0.25, 0.3) is 0 Å². The summed E-state index contributed by atoms with van der Waals surface area (Å²) >= 11 is 0. The molecule has 0 saturated heterocycles. The first-order valence-electron chi connectivity index (χ1n) is 7.91. The van der Waals surface area contributed by atoms with Gasteiger partial charge in [-0.05, 0) is 49.4 Å². The highest BCUT2D eigenvalue weighted by Crippen LogP contribution is 2.35. The zero-order valence-electron chi connectivity index (χ0n) is 14.4. The number of aromatic nitrogens is 2. The molecule has 0 spiro atoms. The van der Waals surface area contributed by atoms with Crippen molar-refractivity contribution in [1.29, 1.82) is 0 Å². The minimum atomic E-state index is 0.0912. The molecular formula is C19H20N2O4. The van der Waals surface area contributed by atoms with Crippen LogP contribution < -0.4 is 9.47 Å². The maximum absolute atomic E-state index is 9.85. The molecule has 1 heterocycles. The number of aromatic hydroxyl groups is 2. The van der Waals surface area contributed by atoms with Crippen LogP contribution in [-0.2, 0) is 7.05 Å². The zero-order valence-corrected chi connectivity index (χ0v) is 14.4. The van der Waals surface area contributed by atoms with Crippen molar-refractivity contribution in [3.63, 3.8) is 0 Å². The second-order valence-electron chi connectivity index (χ2n) is 5.54. The van der Waals surface area contributed by atoms with E-state index in [-0.39, 0.29) is 11.5 Å². The van der Waals surface area contributed by atoms with Crippen LogP contribution in [0, 0.1) is 0 Å². The standard InChI is InChI=1S/C19H20N2O4/c1-4-25-19-9-12(5-7-17(19)23)14-11-15(21(2)20-14)13-6-8-16(22)18(10-13)24-3/h5-11,22-23H,4H2,1-3H3. The molecule has 0 aliphatic carbocycles. The van der Waals surface area contributed by atoms with Gasteiger partial charge in [0, 0.05) is 18.2 Å². The van der Waals surface area contributed by atoms with Crippen molar-refractivity contribution in [2.45, 2.75) is 6.92 Å². The van der Waals surface area contributed by atoms with Crippen LogP contribution in [0.25, 0.3) is 22.5 Å². The SMILES string of the molecule is CCOc1cc(-c2cc(-c3ccc(O)c(OC)c3)n(C)n2)ccc1O. The van der Waals surface area contributed by atoms with Gasteiger partial charge in [0.05, 0.1) is 25.1 Å². The number of nitrogens with zero attached hydrogens (tertiary/aromatic N) is 2. The van der Waals surface area contributed by atoms with E-state index in [4.69, 9.17) is 9.47 Å². The van der Waals surface area contributed by atoms with E-state index >= 15 is 0 Å². The van der Waals surface area contributed by atoms with Crippen LogP contribution in [0.4, 0.5) is 0 Å². The van der Waals surface area contributed by atoms with E-state index < -0.39 is 0 Å². The van der Waals surface area contributed by atoms with Gasteiger partial charge in [-0.25, -0.2) is 0 Å². The summed E-state index contributed by atoms with van der Waals surface area (Å²) in [6, 6.07) is 12.3. The molecule has 130 valence electrons. The van der Waals surface area contributed by atoms with E-state index in [2.05, 4.69) is 5.10 Å². The Kier molecular flexibility index (Phi) is 4.52. The molecule has 0 aliphatic heterocycles. The zero-order chi connectivity index (χ0) is 18.0. The molecule has 0 bridgehead atoms. The molecule has 0 saturated carbocycles. The molecule has 0 unspecified atom stereocenters. The second-order valence-corrected chi connectivity index (χ2v) is 5.54. The molecule has 0 atom stereocenters. The lowest BCUT2D eigenvalue weighted by molar-refractivity contribution is 0.318. The fourth-order valence-electron chi connectivity index (χ4n) is 2.66. The molecule has 1 aromatic heterocycles. The Balaban J connectivity index is 2.02. The maximum atomic E-state index is 9.85. The van der Waals surface area contributed by atoms with Crippen molar-refractivity contribution >= 4 is 0 Å². The number of rotatable bonds is 5. The summed E-state index contributed by atoms with van der Waals surface area (Å²) in [5.74, 6) is 1.03. The van der Waals surface area contributed by atoms with E-state index in [0.717, 1.165) is 22.5 Å². The van der Waals surface area contributed by atoms with Gasteiger partial charge in [0.2, 0.25) is 0 Å². The minimum Gasteiger partial charge on any atom is -0.504 e. The maximum Gasteiger partial charge on any atom is 0.161 e. The number of hydrogen-bond donors (Lipinski definition) is 2. The lowest BCUT2D eigenvalue weighted by atomic mass is 10.1. The van der Waals surface area contributed by atoms with Gasteiger partial charge in [-0.1, -0.05) is 0 Å². The average Bonchev–Trinajstić information content (AvgIpc) is 2.99. The number of phenols is 2. The predicted molar refractivity (Wildman–Crippen MR) is 95.1 cm³/mol. The highest BCUT2D eigenvalue weighted by Gasteiger charge is 2.13. The summed E-state index contributed by atoms with van der Waals surface area (Å²) in [4.78, 5) is 0. The Labute approximate surface area is 145 Å². The van der Waals surface area contributed by atoms with Crippen LogP contribution in [0.1, 0.15) is 6.92 Å². The summed E-state index contributed by atoms with van der Waals surface area (Å²) < 4.78 is 12.4. The minimum absolute atomic E-state index is 0.0912. The fourth-order valence-corrected chi connectivity index (χ4v) is 2.66. The number of hydrogen-bond acceptors (Lipinski definition) is 5. The first kappa shape index (κ1) is 16.7. The molecule has 0 amide bonds. The Hall–Kier alpha value is -3.15. The van der Waals surface area contributed by atoms with Crippen LogP contribution in [0.5, 0.6) is 23.0 Å². The topological polar surface area (TPSA) is 76.7 Å². The van der Waals surface area contributed by atoms with Crippen LogP contribution in [0.3, 0.4) is 0 Å². The summed E-state index contributed by atoms with van der Waals surface area (Å²) in [5, 5.41) is 24.1. The number of ether oxygens (including phenoxy) is 2. The van der Waals surface area contributed by atoms with Gasteiger partial charge in [0.1, 0.15) is 0 Å². The van der Waals surface area contributed by atoms with Crippen molar-refractivity contribution < 1.29 is 19.7 Å². The van der Waals surface area contributed by atoms with Crippen LogP contribution in [-0.4, -0.2) is 33.7 Å². The Morgan fingerprint density at radius 2 is 1.60 bits per heavy atom. The summed E-state index contributed by atoms with van der Waals surface area (Å²) in [6.07, 6.45) is 0. The Morgan fingerprint density at radius 3 is 2.28 bits per heavy atom. The second kappa shape index (κ2) is 6.76. The van der Waals surface area contributed by atoms with Gasteiger partial charge < -0.3 is 19.7 Å². The van der Waals surface area contributed by atoms with Crippen molar-refractivity contribution in [2.75, 3.05) is 13.7 Å².